The highest BCUT2D eigenvalue weighted by molar-refractivity contribution is 6.30. The number of rotatable bonds is 5. The van der Waals surface area contributed by atoms with E-state index in [1.165, 1.54) is 6.20 Å². The summed E-state index contributed by atoms with van der Waals surface area (Å²) in [4.78, 5) is 22.5. The number of likely N-dealkylation sites (tertiary alicyclic amines) is 1. The van der Waals surface area contributed by atoms with Crippen molar-refractivity contribution in [1.82, 2.24) is 14.9 Å². The second-order valence-corrected chi connectivity index (χ2v) is 6.66. The van der Waals surface area contributed by atoms with Crippen molar-refractivity contribution in [2.45, 2.75) is 18.9 Å². The number of carbonyl (C=O) groups is 1. The molecule has 1 fully saturated rings. The summed E-state index contributed by atoms with van der Waals surface area (Å²) in [6.07, 6.45) is 4.33. The number of halogens is 1. The predicted octanol–water partition coefficient (Wildman–Crippen LogP) is 2.51. The van der Waals surface area contributed by atoms with E-state index in [2.05, 4.69) is 20.2 Å². The number of aliphatic hydroxyl groups excluding tert-OH is 1. The highest BCUT2D eigenvalue weighted by atomic mass is 35.5. The van der Waals surface area contributed by atoms with Crippen molar-refractivity contribution in [3.63, 3.8) is 0 Å². The van der Waals surface area contributed by atoms with E-state index in [-0.39, 0.29) is 11.8 Å². The van der Waals surface area contributed by atoms with E-state index < -0.39 is 6.10 Å². The molecule has 2 aromatic rings. The van der Waals surface area contributed by atoms with Crippen LogP contribution in [0.4, 0.5) is 5.82 Å². The molecule has 3 rings (SSSR count). The first-order valence-electron chi connectivity index (χ1n) is 8.34. The van der Waals surface area contributed by atoms with Crippen molar-refractivity contribution in [2.24, 2.45) is 5.92 Å². The third-order valence-corrected chi connectivity index (χ3v) is 4.66. The third kappa shape index (κ3) is 4.98. The van der Waals surface area contributed by atoms with Crippen molar-refractivity contribution in [3.8, 4) is 0 Å². The normalized spacial score (nSPS) is 17.2. The van der Waals surface area contributed by atoms with E-state index >= 15 is 0 Å². The van der Waals surface area contributed by atoms with Crippen LogP contribution >= 0.6 is 11.6 Å². The van der Waals surface area contributed by atoms with Crippen molar-refractivity contribution in [2.75, 3.05) is 25.0 Å². The molecule has 1 saturated heterocycles. The van der Waals surface area contributed by atoms with Gasteiger partial charge in [-0.25, -0.2) is 4.98 Å². The first kappa shape index (κ1) is 17.8. The molecule has 0 aliphatic carbocycles. The lowest BCUT2D eigenvalue weighted by atomic mass is 9.89. The van der Waals surface area contributed by atoms with E-state index in [1.807, 2.05) is 18.2 Å². The highest BCUT2D eigenvalue weighted by Gasteiger charge is 2.27. The molecule has 7 heteroatoms. The molecule has 0 saturated carbocycles. The summed E-state index contributed by atoms with van der Waals surface area (Å²) in [7, 11) is 0. The van der Waals surface area contributed by atoms with E-state index in [4.69, 9.17) is 11.6 Å². The monoisotopic (exact) mass is 360 g/mol. The van der Waals surface area contributed by atoms with Gasteiger partial charge in [0.15, 0.2) is 0 Å². The van der Waals surface area contributed by atoms with Crippen LogP contribution in [0, 0.1) is 5.92 Å². The molecule has 0 bridgehead atoms. The highest BCUT2D eigenvalue weighted by Crippen LogP contribution is 2.29. The van der Waals surface area contributed by atoms with Gasteiger partial charge in [-0.15, -0.1) is 0 Å². The molecule has 1 aliphatic rings. The molecule has 1 aliphatic heterocycles. The fraction of sp³-hybridized carbons (Fsp3) is 0.389. The fourth-order valence-corrected chi connectivity index (χ4v) is 3.17. The number of hydrogen-bond donors (Lipinski definition) is 2. The van der Waals surface area contributed by atoms with Gasteiger partial charge in [-0.3, -0.25) is 14.7 Å². The average Bonchev–Trinajstić information content (AvgIpc) is 2.64. The largest absolute Gasteiger partial charge is 0.387 e. The number of nitrogens with zero attached hydrogens (tertiary/aromatic N) is 3. The van der Waals surface area contributed by atoms with Gasteiger partial charge in [-0.1, -0.05) is 17.7 Å². The van der Waals surface area contributed by atoms with Crippen LogP contribution in [0.15, 0.2) is 42.7 Å². The van der Waals surface area contributed by atoms with Gasteiger partial charge < -0.3 is 10.4 Å². The van der Waals surface area contributed by atoms with Crippen LogP contribution in [0.1, 0.15) is 24.6 Å². The van der Waals surface area contributed by atoms with Crippen LogP contribution in [-0.2, 0) is 4.79 Å². The summed E-state index contributed by atoms with van der Waals surface area (Å²) < 4.78 is 0. The van der Waals surface area contributed by atoms with E-state index in [0.717, 1.165) is 25.9 Å². The van der Waals surface area contributed by atoms with Gasteiger partial charge in [0, 0.05) is 12.4 Å². The zero-order chi connectivity index (χ0) is 17.6. The van der Waals surface area contributed by atoms with E-state index in [1.54, 1.807) is 18.3 Å². The third-order valence-electron chi connectivity index (χ3n) is 4.43. The van der Waals surface area contributed by atoms with Crippen LogP contribution in [0.5, 0.6) is 0 Å². The predicted molar refractivity (Wildman–Crippen MR) is 96.2 cm³/mol. The van der Waals surface area contributed by atoms with Crippen LogP contribution in [0.3, 0.4) is 0 Å². The molecular weight excluding hydrogens is 340 g/mol. The molecule has 0 unspecified atom stereocenters. The summed E-state index contributed by atoms with van der Waals surface area (Å²) in [5.74, 6) is 0.570. The maximum absolute atomic E-state index is 12.1. The maximum Gasteiger partial charge on any atom is 0.239 e. The summed E-state index contributed by atoms with van der Waals surface area (Å²) in [6, 6.07) is 8.94. The van der Waals surface area contributed by atoms with E-state index in [9.17, 15) is 9.90 Å². The Labute approximate surface area is 151 Å². The number of aromatic nitrogens is 2. The molecule has 25 heavy (non-hydrogen) atoms. The number of piperidine rings is 1. The number of carbonyl (C=O) groups excluding carboxylic acids is 1. The van der Waals surface area contributed by atoms with Gasteiger partial charge in [-0.2, -0.15) is 0 Å². The second kappa shape index (κ2) is 8.38. The van der Waals surface area contributed by atoms with Gasteiger partial charge in [-0.05, 0) is 56.1 Å². The molecule has 2 N–H and O–H groups in total. The fourth-order valence-electron chi connectivity index (χ4n) is 3.05. The molecule has 0 radical (unpaired) electrons. The molecular formula is C18H21ClN4O2. The van der Waals surface area contributed by atoms with Crippen molar-refractivity contribution in [3.05, 3.63) is 53.4 Å². The lowest BCUT2D eigenvalue weighted by molar-refractivity contribution is -0.117. The zero-order valence-electron chi connectivity index (χ0n) is 13.8. The van der Waals surface area contributed by atoms with Crippen LogP contribution in [-0.4, -0.2) is 45.5 Å². The number of hydrogen-bond acceptors (Lipinski definition) is 5. The van der Waals surface area contributed by atoms with Crippen molar-refractivity contribution in [1.29, 1.82) is 0 Å². The number of pyridine rings is 2. The summed E-state index contributed by atoms with van der Waals surface area (Å²) in [6.45, 7) is 1.86. The molecule has 3 heterocycles. The quantitative estimate of drug-likeness (QED) is 0.856. The minimum atomic E-state index is -0.546. The molecule has 0 spiro atoms. The smallest absolute Gasteiger partial charge is 0.239 e. The Balaban J connectivity index is 1.46. The molecule has 132 valence electrons. The second-order valence-electron chi connectivity index (χ2n) is 6.22. The van der Waals surface area contributed by atoms with Gasteiger partial charge in [0.2, 0.25) is 5.91 Å². The minimum absolute atomic E-state index is 0.0986. The zero-order valence-corrected chi connectivity index (χ0v) is 14.6. The first-order chi connectivity index (χ1) is 12.1. The Morgan fingerprint density at radius 3 is 2.72 bits per heavy atom. The van der Waals surface area contributed by atoms with Crippen LogP contribution in [0.2, 0.25) is 5.02 Å². The maximum atomic E-state index is 12.1. The lowest BCUT2D eigenvalue weighted by Gasteiger charge is -2.33. The first-order valence-corrected chi connectivity index (χ1v) is 8.72. The number of amides is 1. The SMILES string of the molecule is O=C(CN1CCC([C@H](O)c2ccccn2)CC1)Nc1ccc(Cl)cn1. The summed E-state index contributed by atoms with van der Waals surface area (Å²) in [5, 5.41) is 13.8. The van der Waals surface area contributed by atoms with E-state index in [0.29, 0.717) is 23.1 Å². The number of aliphatic hydroxyl groups is 1. The average molecular weight is 361 g/mol. The Bertz CT molecular complexity index is 688. The Morgan fingerprint density at radius 1 is 1.28 bits per heavy atom. The standard InChI is InChI=1S/C18H21ClN4O2/c19-14-4-5-16(21-11-14)22-17(24)12-23-9-6-13(7-10-23)18(25)15-3-1-2-8-20-15/h1-5,8,11,13,18,25H,6-7,9-10,12H2,(H,21,22,24)/t18-/m0/s1. The summed E-state index contributed by atoms with van der Waals surface area (Å²) in [5.41, 5.74) is 0.715. The van der Waals surface area contributed by atoms with Gasteiger partial charge >= 0.3 is 0 Å². The number of nitrogens with one attached hydrogen (secondary N) is 1. The Morgan fingerprint density at radius 2 is 2.08 bits per heavy atom. The van der Waals surface area contributed by atoms with Gasteiger partial charge in [0.05, 0.1) is 23.4 Å². The Hall–Kier alpha value is -2.02. The van der Waals surface area contributed by atoms with Crippen LogP contribution in [0.25, 0.3) is 0 Å². The Kier molecular flexibility index (Phi) is 5.96. The molecule has 1 atom stereocenters. The lowest BCUT2D eigenvalue weighted by Crippen LogP contribution is -2.40. The topological polar surface area (TPSA) is 78.4 Å². The summed E-state index contributed by atoms with van der Waals surface area (Å²) >= 11 is 5.78. The van der Waals surface area contributed by atoms with Gasteiger partial charge in [0.1, 0.15) is 5.82 Å². The van der Waals surface area contributed by atoms with Crippen molar-refractivity contribution < 1.29 is 9.90 Å². The molecule has 6 nitrogen and oxygen atoms in total. The van der Waals surface area contributed by atoms with Gasteiger partial charge in [0.25, 0.3) is 0 Å². The molecule has 0 aromatic carbocycles. The molecule has 2 aromatic heterocycles. The number of anilines is 1. The molecule has 1 amide bonds. The minimum Gasteiger partial charge on any atom is -0.387 e. The van der Waals surface area contributed by atoms with Crippen molar-refractivity contribution >= 4 is 23.3 Å². The van der Waals surface area contributed by atoms with Crippen LogP contribution < -0.4 is 5.32 Å².